The number of hydrogen-bond donors (Lipinski definition) is 1. The van der Waals surface area contributed by atoms with Crippen molar-refractivity contribution in [1.29, 1.82) is 0 Å². The average molecular weight is 276 g/mol. The molecule has 0 spiro atoms. The van der Waals surface area contributed by atoms with Gasteiger partial charge >= 0.3 is 0 Å². The molecule has 110 valence electrons. The average Bonchev–Trinajstić information content (AvgIpc) is 2.53. The van der Waals surface area contributed by atoms with Crippen LogP contribution in [0.1, 0.15) is 24.9 Å². The molecule has 1 fully saturated rings. The molecule has 0 aromatic heterocycles. The Hall–Kier alpha value is -1.10. The molecule has 0 amide bonds. The smallest absolute Gasteiger partial charge is 0.124 e. The quantitative estimate of drug-likeness (QED) is 0.913. The molecule has 3 rings (SSSR count). The van der Waals surface area contributed by atoms with Crippen molar-refractivity contribution in [2.24, 2.45) is 0 Å². The molecule has 0 radical (unpaired) electrons. The first-order chi connectivity index (χ1) is 9.85. The summed E-state index contributed by atoms with van der Waals surface area (Å²) < 4.78 is 11.6. The van der Waals surface area contributed by atoms with Crippen molar-refractivity contribution >= 4 is 0 Å². The van der Waals surface area contributed by atoms with E-state index >= 15 is 0 Å². The Bertz CT molecular complexity index is 452. The Kier molecular flexibility index (Phi) is 4.24. The van der Waals surface area contributed by atoms with Gasteiger partial charge in [-0.25, -0.2) is 0 Å². The van der Waals surface area contributed by atoms with Crippen LogP contribution in [0, 0.1) is 0 Å². The summed E-state index contributed by atoms with van der Waals surface area (Å²) >= 11 is 0. The zero-order chi connectivity index (χ0) is 13.9. The number of morpholine rings is 1. The normalized spacial score (nSPS) is 30.6. The Morgan fingerprint density at radius 1 is 1.30 bits per heavy atom. The number of rotatable bonds is 3. The standard InChI is InChI=1S/C16H24N2O2/c1-3-12-10-19-9-8-18(12)14-11-20-15-7-5-4-6-13(15)16(14)17-2/h4-7,12,14,16-17H,3,8-11H2,1-2H3. The highest BCUT2D eigenvalue weighted by atomic mass is 16.5. The van der Waals surface area contributed by atoms with E-state index in [4.69, 9.17) is 9.47 Å². The second-order valence-corrected chi connectivity index (χ2v) is 5.56. The molecule has 4 heteroatoms. The van der Waals surface area contributed by atoms with Crippen LogP contribution in [-0.4, -0.2) is 50.4 Å². The van der Waals surface area contributed by atoms with Crippen LogP contribution in [-0.2, 0) is 4.74 Å². The third-order valence-electron chi connectivity index (χ3n) is 4.53. The van der Waals surface area contributed by atoms with Crippen LogP contribution in [0.2, 0.25) is 0 Å². The van der Waals surface area contributed by atoms with Crippen molar-refractivity contribution in [2.45, 2.75) is 31.5 Å². The fourth-order valence-electron chi connectivity index (χ4n) is 3.44. The van der Waals surface area contributed by atoms with Gasteiger partial charge < -0.3 is 14.8 Å². The van der Waals surface area contributed by atoms with Gasteiger partial charge in [0.2, 0.25) is 0 Å². The van der Waals surface area contributed by atoms with E-state index in [0.717, 1.165) is 38.5 Å². The second-order valence-electron chi connectivity index (χ2n) is 5.56. The summed E-state index contributed by atoms with van der Waals surface area (Å²) in [5.74, 6) is 1.02. The number of ether oxygens (including phenoxy) is 2. The highest BCUT2D eigenvalue weighted by Gasteiger charge is 2.37. The highest BCUT2D eigenvalue weighted by Crippen LogP contribution is 2.35. The van der Waals surface area contributed by atoms with E-state index in [9.17, 15) is 0 Å². The maximum Gasteiger partial charge on any atom is 0.124 e. The van der Waals surface area contributed by atoms with Crippen molar-refractivity contribution < 1.29 is 9.47 Å². The molecule has 4 nitrogen and oxygen atoms in total. The van der Waals surface area contributed by atoms with E-state index in [1.54, 1.807) is 0 Å². The lowest BCUT2D eigenvalue weighted by atomic mass is 9.93. The van der Waals surface area contributed by atoms with Crippen molar-refractivity contribution in [3.05, 3.63) is 29.8 Å². The third kappa shape index (κ3) is 2.43. The molecule has 3 unspecified atom stereocenters. The molecule has 1 aromatic carbocycles. The predicted molar refractivity (Wildman–Crippen MR) is 79.1 cm³/mol. The summed E-state index contributed by atoms with van der Waals surface area (Å²) in [4.78, 5) is 2.57. The van der Waals surface area contributed by atoms with Gasteiger partial charge in [-0.3, -0.25) is 4.90 Å². The predicted octanol–water partition coefficient (Wildman–Crippen LogP) is 1.82. The summed E-state index contributed by atoms with van der Waals surface area (Å²) in [7, 11) is 2.04. The second kappa shape index (κ2) is 6.12. The number of fused-ring (bicyclic) bond motifs is 1. The molecule has 1 aromatic rings. The highest BCUT2D eigenvalue weighted by molar-refractivity contribution is 5.38. The number of para-hydroxylation sites is 1. The van der Waals surface area contributed by atoms with Crippen molar-refractivity contribution in [1.82, 2.24) is 10.2 Å². The van der Waals surface area contributed by atoms with Crippen molar-refractivity contribution in [3.63, 3.8) is 0 Å². The molecule has 2 aliphatic rings. The van der Waals surface area contributed by atoms with Gasteiger partial charge in [0.25, 0.3) is 0 Å². The molecule has 0 saturated carbocycles. The first kappa shape index (κ1) is 13.9. The van der Waals surface area contributed by atoms with Crippen LogP contribution < -0.4 is 10.1 Å². The van der Waals surface area contributed by atoms with Gasteiger partial charge in [-0.15, -0.1) is 0 Å². The molecular weight excluding hydrogens is 252 g/mol. The molecule has 1 saturated heterocycles. The van der Waals surface area contributed by atoms with Crippen LogP contribution in [0.3, 0.4) is 0 Å². The number of hydrogen-bond acceptors (Lipinski definition) is 4. The molecule has 0 bridgehead atoms. The van der Waals surface area contributed by atoms with E-state index in [1.807, 2.05) is 13.1 Å². The van der Waals surface area contributed by atoms with Crippen molar-refractivity contribution in [3.8, 4) is 5.75 Å². The van der Waals surface area contributed by atoms with Gasteiger partial charge in [-0.2, -0.15) is 0 Å². The summed E-state index contributed by atoms with van der Waals surface area (Å²) in [6, 6.07) is 9.56. The van der Waals surface area contributed by atoms with Crippen LogP contribution in [0.5, 0.6) is 5.75 Å². The lowest BCUT2D eigenvalue weighted by molar-refractivity contribution is -0.0508. The van der Waals surface area contributed by atoms with E-state index < -0.39 is 0 Å². The first-order valence-corrected chi connectivity index (χ1v) is 7.57. The van der Waals surface area contributed by atoms with E-state index in [-0.39, 0.29) is 0 Å². The fraction of sp³-hybridized carbons (Fsp3) is 0.625. The van der Waals surface area contributed by atoms with Crippen LogP contribution in [0.25, 0.3) is 0 Å². The van der Waals surface area contributed by atoms with Gasteiger partial charge in [-0.1, -0.05) is 25.1 Å². The zero-order valence-corrected chi connectivity index (χ0v) is 12.3. The number of nitrogens with zero attached hydrogens (tertiary/aromatic N) is 1. The SMILES string of the molecule is CCC1COCCN1C1COc2ccccc2C1NC. The van der Waals surface area contributed by atoms with Gasteiger partial charge in [0, 0.05) is 18.2 Å². The minimum Gasteiger partial charge on any atom is -0.492 e. The lowest BCUT2D eigenvalue weighted by Crippen LogP contribution is -2.57. The number of nitrogens with one attached hydrogen (secondary N) is 1. The summed E-state index contributed by atoms with van der Waals surface area (Å²) in [6.07, 6.45) is 1.12. The Balaban J connectivity index is 1.86. The number of benzene rings is 1. The largest absolute Gasteiger partial charge is 0.492 e. The van der Waals surface area contributed by atoms with Crippen LogP contribution in [0.4, 0.5) is 0 Å². The minimum atomic E-state index is 0.326. The molecule has 3 atom stereocenters. The van der Waals surface area contributed by atoms with Gasteiger partial charge in [0.05, 0.1) is 25.3 Å². The van der Waals surface area contributed by atoms with Crippen LogP contribution >= 0.6 is 0 Å². The lowest BCUT2D eigenvalue weighted by Gasteiger charge is -2.45. The van der Waals surface area contributed by atoms with Gasteiger partial charge in [-0.05, 0) is 19.5 Å². The molecule has 2 aliphatic heterocycles. The summed E-state index contributed by atoms with van der Waals surface area (Å²) in [6.45, 7) is 5.64. The number of likely N-dealkylation sites (N-methyl/N-ethyl adjacent to an activating group) is 1. The minimum absolute atomic E-state index is 0.326. The maximum absolute atomic E-state index is 5.99. The Labute approximate surface area is 121 Å². The maximum atomic E-state index is 5.99. The molecular formula is C16H24N2O2. The van der Waals surface area contributed by atoms with Gasteiger partial charge in [0.15, 0.2) is 0 Å². The topological polar surface area (TPSA) is 33.7 Å². The summed E-state index contributed by atoms with van der Waals surface area (Å²) in [5.41, 5.74) is 1.27. The monoisotopic (exact) mass is 276 g/mol. The Morgan fingerprint density at radius 3 is 2.95 bits per heavy atom. The van der Waals surface area contributed by atoms with Gasteiger partial charge in [0.1, 0.15) is 12.4 Å². The fourth-order valence-corrected chi connectivity index (χ4v) is 3.44. The van der Waals surface area contributed by atoms with E-state index in [2.05, 4.69) is 35.3 Å². The van der Waals surface area contributed by atoms with E-state index in [0.29, 0.717) is 18.1 Å². The molecule has 2 heterocycles. The van der Waals surface area contributed by atoms with Crippen LogP contribution in [0.15, 0.2) is 24.3 Å². The van der Waals surface area contributed by atoms with Crippen molar-refractivity contribution in [2.75, 3.05) is 33.4 Å². The zero-order valence-electron chi connectivity index (χ0n) is 12.3. The third-order valence-corrected chi connectivity index (χ3v) is 4.53. The molecule has 1 N–H and O–H groups in total. The Morgan fingerprint density at radius 2 is 2.15 bits per heavy atom. The summed E-state index contributed by atoms with van der Waals surface area (Å²) in [5, 5.41) is 3.49. The van der Waals surface area contributed by atoms with E-state index in [1.165, 1.54) is 5.56 Å². The molecule has 20 heavy (non-hydrogen) atoms. The first-order valence-electron chi connectivity index (χ1n) is 7.57. The molecule has 0 aliphatic carbocycles.